The first kappa shape index (κ1) is 11.4. The highest BCUT2D eigenvalue weighted by Crippen LogP contribution is 2.34. The summed E-state index contributed by atoms with van der Waals surface area (Å²) in [4.78, 5) is 0. The minimum atomic E-state index is 0.0149. The van der Waals surface area contributed by atoms with Gasteiger partial charge in [0.1, 0.15) is 0 Å². The lowest BCUT2D eigenvalue weighted by Crippen LogP contribution is -1.97. The van der Waals surface area contributed by atoms with Gasteiger partial charge in [-0.1, -0.05) is 0 Å². The molecule has 0 unspecified atom stereocenters. The molecule has 89 valence electrons. The monoisotopic (exact) mass is 230 g/mol. The van der Waals surface area contributed by atoms with E-state index < -0.39 is 0 Å². The van der Waals surface area contributed by atoms with E-state index in [1.807, 2.05) is 33.3 Å². The van der Waals surface area contributed by atoms with Gasteiger partial charge >= 0.3 is 0 Å². The van der Waals surface area contributed by atoms with Crippen molar-refractivity contribution in [2.24, 2.45) is 0 Å². The third-order valence-corrected chi connectivity index (χ3v) is 2.87. The normalized spacial score (nSPS) is 10.3. The van der Waals surface area contributed by atoms with Crippen LogP contribution >= 0.6 is 0 Å². The molecule has 0 spiro atoms. The van der Waals surface area contributed by atoms with E-state index in [1.54, 1.807) is 12.1 Å². The van der Waals surface area contributed by atoms with E-state index in [9.17, 15) is 5.11 Å². The van der Waals surface area contributed by atoms with Crippen LogP contribution in [0.3, 0.4) is 0 Å². The van der Waals surface area contributed by atoms with Gasteiger partial charge in [-0.15, -0.1) is 0 Å². The molecule has 0 heterocycles. The molecule has 17 heavy (non-hydrogen) atoms. The second kappa shape index (κ2) is 4.41. The summed E-state index contributed by atoms with van der Waals surface area (Å²) in [7, 11) is 5.56. The van der Waals surface area contributed by atoms with Crippen LogP contribution in [-0.4, -0.2) is 21.1 Å². The zero-order valence-electron chi connectivity index (χ0n) is 10.2. The molecule has 4 heteroatoms. The quantitative estimate of drug-likeness (QED) is 0.759. The Labute approximate surface area is 101 Å². The van der Waals surface area contributed by atoms with Crippen molar-refractivity contribution in [1.29, 1.82) is 0 Å². The first-order chi connectivity index (χ1) is 8.19. The van der Waals surface area contributed by atoms with Gasteiger partial charge in [-0.3, -0.25) is 5.11 Å². The fourth-order valence-electron chi connectivity index (χ4n) is 2.00. The molecule has 0 fully saturated rings. The predicted molar refractivity (Wildman–Crippen MR) is 72.7 cm³/mol. The third kappa shape index (κ3) is 1.93. The molecule has 0 atom stereocenters. The second-order valence-electron chi connectivity index (χ2n) is 3.84. The highest BCUT2D eigenvalue weighted by atomic mass is 16.3. The molecule has 0 aliphatic carbocycles. The maximum absolute atomic E-state index is 11.5. The standard InChI is InChI=1S/C13H16N3O/c1-14-11-6-9(17)4-8-5-12(15-2)13(16-3)7-10(8)11/h4-7,14-16H,1-3H3. The lowest BCUT2D eigenvalue weighted by Gasteiger charge is -2.13. The first-order valence-electron chi connectivity index (χ1n) is 5.51. The van der Waals surface area contributed by atoms with Crippen LogP contribution in [0.4, 0.5) is 17.1 Å². The highest BCUT2D eigenvalue weighted by molar-refractivity contribution is 6.00. The van der Waals surface area contributed by atoms with E-state index in [2.05, 4.69) is 16.0 Å². The zero-order valence-corrected chi connectivity index (χ0v) is 10.2. The van der Waals surface area contributed by atoms with Crippen LogP contribution in [0.5, 0.6) is 5.75 Å². The Morgan fingerprint density at radius 2 is 1.35 bits per heavy atom. The van der Waals surface area contributed by atoms with Crippen molar-refractivity contribution in [3.8, 4) is 5.75 Å². The van der Waals surface area contributed by atoms with Gasteiger partial charge in [0.05, 0.1) is 11.4 Å². The van der Waals surface area contributed by atoms with Gasteiger partial charge in [-0.2, -0.15) is 0 Å². The average molecular weight is 230 g/mol. The lowest BCUT2D eigenvalue weighted by molar-refractivity contribution is 0.356. The summed E-state index contributed by atoms with van der Waals surface area (Å²) in [5, 5.41) is 22.8. The Balaban J connectivity index is 2.77. The Hall–Kier alpha value is -2.10. The van der Waals surface area contributed by atoms with E-state index in [0.29, 0.717) is 0 Å². The van der Waals surface area contributed by atoms with Gasteiger partial charge in [-0.25, -0.2) is 0 Å². The van der Waals surface area contributed by atoms with E-state index in [-0.39, 0.29) is 5.75 Å². The first-order valence-corrected chi connectivity index (χ1v) is 5.51. The van der Waals surface area contributed by atoms with Crippen LogP contribution in [-0.2, 0) is 5.11 Å². The summed E-state index contributed by atoms with van der Waals surface area (Å²) in [5.41, 5.74) is 2.84. The lowest BCUT2D eigenvalue weighted by atomic mass is 10.1. The molecule has 0 saturated carbocycles. The molecular formula is C13H16N3O. The molecular weight excluding hydrogens is 214 g/mol. The Kier molecular flexibility index (Phi) is 2.95. The smallest absolute Gasteiger partial charge is 0.181 e. The van der Waals surface area contributed by atoms with Crippen LogP contribution in [0.15, 0.2) is 24.3 Å². The average Bonchev–Trinajstić information content (AvgIpc) is 2.35. The fraction of sp³-hybridized carbons (Fsp3) is 0.231. The van der Waals surface area contributed by atoms with Crippen LogP contribution in [0.1, 0.15) is 0 Å². The summed E-state index contributed by atoms with van der Waals surface area (Å²) in [6.07, 6.45) is 0. The summed E-state index contributed by atoms with van der Waals surface area (Å²) in [5.74, 6) is 0.0149. The number of hydrogen-bond acceptors (Lipinski definition) is 3. The van der Waals surface area contributed by atoms with Crippen molar-refractivity contribution in [2.45, 2.75) is 0 Å². The molecule has 0 bridgehead atoms. The van der Waals surface area contributed by atoms with E-state index in [4.69, 9.17) is 0 Å². The van der Waals surface area contributed by atoms with E-state index >= 15 is 0 Å². The molecule has 1 radical (unpaired) electrons. The summed E-state index contributed by atoms with van der Waals surface area (Å²) < 4.78 is 0. The van der Waals surface area contributed by atoms with E-state index in [1.165, 1.54) is 0 Å². The number of benzene rings is 2. The molecule has 2 aromatic rings. The van der Waals surface area contributed by atoms with Gasteiger partial charge < -0.3 is 16.0 Å². The van der Waals surface area contributed by atoms with Crippen LogP contribution in [0, 0.1) is 0 Å². The van der Waals surface area contributed by atoms with Gasteiger partial charge in [0.2, 0.25) is 0 Å². The molecule has 0 aromatic heterocycles. The van der Waals surface area contributed by atoms with Crippen LogP contribution in [0.2, 0.25) is 0 Å². The van der Waals surface area contributed by atoms with Crippen LogP contribution < -0.4 is 16.0 Å². The molecule has 0 aliphatic heterocycles. The molecule has 2 aromatic carbocycles. The maximum Gasteiger partial charge on any atom is 0.181 e. The minimum Gasteiger partial charge on any atom is -0.388 e. The topological polar surface area (TPSA) is 56.0 Å². The van der Waals surface area contributed by atoms with Crippen molar-refractivity contribution in [2.75, 3.05) is 37.1 Å². The number of fused-ring (bicyclic) bond motifs is 1. The predicted octanol–water partition coefficient (Wildman–Crippen LogP) is 3.11. The highest BCUT2D eigenvalue weighted by Gasteiger charge is 2.08. The molecule has 4 nitrogen and oxygen atoms in total. The largest absolute Gasteiger partial charge is 0.388 e. The second-order valence-corrected chi connectivity index (χ2v) is 3.84. The summed E-state index contributed by atoms with van der Waals surface area (Å²) in [6.45, 7) is 0. The van der Waals surface area contributed by atoms with Crippen molar-refractivity contribution >= 4 is 27.8 Å². The van der Waals surface area contributed by atoms with Gasteiger partial charge in [0, 0.05) is 38.3 Å². The number of hydrogen-bond donors (Lipinski definition) is 3. The SMILES string of the molecule is CNc1cc2cc([O])cc(NC)c2cc1NC. The molecule has 0 amide bonds. The van der Waals surface area contributed by atoms with Crippen molar-refractivity contribution in [3.05, 3.63) is 24.3 Å². The van der Waals surface area contributed by atoms with E-state index in [0.717, 1.165) is 27.8 Å². The summed E-state index contributed by atoms with van der Waals surface area (Å²) in [6, 6.07) is 7.27. The molecule has 2 rings (SSSR count). The summed E-state index contributed by atoms with van der Waals surface area (Å²) >= 11 is 0. The van der Waals surface area contributed by atoms with Crippen molar-refractivity contribution in [1.82, 2.24) is 0 Å². The van der Waals surface area contributed by atoms with Crippen molar-refractivity contribution in [3.63, 3.8) is 0 Å². The molecule has 0 saturated heterocycles. The number of rotatable bonds is 3. The Morgan fingerprint density at radius 1 is 0.765 bits per heavy atom. The van der Waals surface area contributed by atoms with Crippen LogP contribution in [0.25, 0.3) is 10.8 Å². The maximum atomic E-state index is 11.5. The number of anilines is 3. The number of nitrogens with one attached hydrogen (secondary N) is 3. The van der Waals surface area contributed by atoms with Crippen molar-refractivity contribution < 1.29 is 5.11 Å². The molecule has 3 N–H and O–H groups in total. The van der Waals surface area contributed by atoms with Gasteiger partial charge in [-0.05, 0) is 23.6 Å². The fourth-order valence-corrected chi connectivity index (χ4v) is 2.00. The third-order valence-electron chi connectivity index (χ3n) is 2.87. The molecule has 0 aliphatic rings. The minimum absolute atomic E-state index is 0.0149. The van der Waals surface area contributed by atoms with Gasteiger partial charge in [0.15, 0.2) is 5.75 Å². The Bertz CT molecular complexity index is 552. The Morgan fingerprint density at radius 3 is 1.94 bits per heavy atom. The van der Waals surface area contributed by atoms with Gasteiger partial charge in [0.25, 0.3) is 0 Å². The zero-order chi connectivity index (χ0) is 12.4.